The number of likely N-dealkylation sites (N-methyl/N-ethyl adjacent to an activating group) is 1. The molecule has 3 atom stereocenters. The van der Waals surface area contributed by atoms with Gasteiger partial charge in [-0.3, -0.25) is 9.89 Å². The second-order valence-electron chi connectivity index (χ2n) is 11.1. The molecule has 3 aliphatic heterocycles. The molecule has 0 radical (unpaired) electrons. The van der Waals surface area contributed by atoms with E-state index in [1.54, 1.807) is 42.9 Å². The number of hydrogen-bond donors (Lipinski definition) is 0. The van der Waals surface area contributed by atoms with Crippen LogP contribution >= 0.6 is 0 Å². The molecular formula is C31H31F3N7+. The van der Waals surface area contributed by atoms with Gasteiger partial charge in [-0.25, -0.2) is 15.0 Å². The molecule has 1 saturated carbocycles. The van der Waals surface area contributed by atoms with E-state index in [4.69, 9.17) is 4.98 Å². The van der Waals surface area contributed by atoms with E-state index in [2.05, 4.69) is 31.8 Å². The molecule has 0 spiro atoms. The van der Waals surface area contributed by atoms with E-state index >= 15 is 0 Å². The lowest BCUT2D eigenvalue weighted by Gasteiger charge is -2.54. The zero-order valence-corrected chi connectivity index (χ0v) is 22.7. The average Bonchev–Trinajstić information content (AvgIpc) is 3.40. The fourth-order valence-electron chi connectivity index (χ4n) is 6.44. The summed E-state index contributed by atoms with van der Waals surface area (Å²) in [6.45, 7) is 4.03. The molecule has 3 unspecified atom stereocenters. The van der Waals surface area contributed by atoms with Crippen molar-refractivity contribution in [1.29, 1.82) is 0 Å². The molecular weight excluding hydrogens is 527 g/mol. The Bertz CT molecular complexity index is 1590. The lowest BCUT2D eigenvalue weighted by molar-refractivity contribution is -0.747. The van der Waals surface area contributed by atoms with Crippen LogP contribution in [0.25, 0.3) is 22.2 Å². The number of fused-ring (bicyclic) bond motifs is 2. The maximum absolute atomic E-state index is 14.3. The largest absolute Gasteiger partial charge is 0.417 e. The van der Waals surface area contributed by atoms with Crippen molar-refractivity contribution in [2.75, 3.05) is 38.2 Å². The Morgan fingerprint density at radius 2 is 1.76 bits per heavy atom. The maximum atomic E-state index is 14.3. The van der Waals surface area contributed by atoms with Gasteiger partial charge in [0.2, 0.25) is 12.0 Å². The molecule has 210 valence electrons. The van der Waals surface area contributed by atoms with Crippen LogP contribution in [0.3, 0.4) is 0 Å². The Labute approximate surface area is 236 Å². The fraction of sp³-hybridized carbons (Fsp3) is 0.323. The van der Waals surface area contributed by atoms with Gasteiger partial charge in [0, 0.05) is 43.2 Å². The van der Waals surface area contributed by atoms with Crippen molar-refractivity contribution in [2.24, 2.45) is 9.98 Å². The minimum atomic E-state index is -4.52. The highest BCUT2D eigenvalue weighted by Gasteiger charge is 2.51. The van der Waals surface area contributed by atoms with E-state index in [-0.39, 0.29) is 16.0 Å². The third-order valence-electron chi connectivity index (χ3n) is 8.76. The molecule has 41 heavy (non-hydrogen) atoms. The Morgan fingerprint density at radius 1 is 0.951 bits per heavy atom. The molecule has 1 saturated heterocycles. The Kier molecular flexibility index (Phi) is 6.29. The monoisotopic (exact) mass is 558 g/mol. The summed E-state index contributed by atoms with van der Waals surface area (Å²) in [7, 11) is 2.15. The molecule has 2 fully saturated rings. The quantitative estimate of drug-likeness (QED) is 0.379. The first-order valence-electron chi connectivity index (χ1n) is 14.0. The average molecular weight is 559 g/mol. The van der Waals surface area contributed by atoms with Crippen molar-refractivity contribution >= 4 is 29.1 Å². The zero-order valence-electron chi connectivity index (χ0n) is 22.7. The molecule has 0 N–H and O–H groups in total. The topological polar surface area (TPSA) is 47.3 Å². The van der Waals surface area contributed by atoms with E-state index in [0.29, 0.717) is 22.8 Å². The molecule has 1 aliphatic carbocycles. The highest BCUT2D eigenvalue weighted by atomic mass is 19.4. The number of aliphatic imine (C=N–C) groups is 2. The van der Waals surface area contributed by atoms with Crippen molar-refractivity contribution in [3.8, 4) is 11.3 Å². The summed E-state index contributed by atoms with van der Waals surface area (Å²) in [4.78, 5) is 18.5. The van der Waals surface area contributed by atoms with E-state index in [0.717, 1.165) is 56.5 Å². The van der Waals surface area contributed by atoms with E-state index in [1.165, 1.54) is 0 Å². The number of benzene rings is 2. The van der Waals surface area contributed by atoms with Crippen molar-refractivity contribution in [1.82, 2.24) is 14.8 Å². The third-order valence-corrected chi connectivity index (χ3v) is 8.76. The van der Waals surface area contributed by atoms with Gasteiger partial charge in [0.05, 0.1) is 47.1 Å². The lowest BCUT2D eigenvalue weighted by Crippen LogP contribution is -2.69. The van der Waals surface area contributed by atoms with Gasteiger partial charge in [-0.05, 0) is 44.2 Å². The van der Waals surface area contributed by atoms with Gasteiger partial charge < -0.3 is 4.90 Å². The predicted octanol–water partition coefficient (Wildman–Crippen LogP) is 5.68. The van der Waals surface area contributed by atoms with Crippen LogP contribution in [0.4, 0.5) is 18.9 Å². The van der Waals surface area contributed by atoms with Gasteiger partial charge in [-0.15, -0.1) is 4.59 Å². The van der Waals surface area contributed by atoms with Crippen LogP contribution in [0.2, 0.25) is 0 Å². The number of hydrogen-bond acceptors (Lipinski definition) is 6. The normalized spacial score (nSPS) is 26.2. The SMILES string of the molecule is CN1CCN(C2CCC2N(c2ccc3c(C(F)(F)F)cc(-c4ccccc4)nc3c2)[N+]23C=CN=CC2=CN=C3)CC1. The summed E-state index contributed by atoms with van der Waals surface area (Å²) in [5.74, 6) is 0. The summed E-state index contributed by atoms with van der Waals surface area (Å²) < 4.78 is 43.2. The number of rotatable bonds is 5. The number of piperazine rings is 1. The number of nitrogens with zero attached hydrogens (tertiary/aromatic N) is 7. The first-order chi connectivity index (χ1) is 19.8. The molecule has 4 heterocycles. The number of allylic oxidation sites excluding steroid dienone is 1. The van der Waals surface area contributed by atoms with Crippen LogP contribution in [0.15, 0.2) is 88.9 Å². The van der Waals surface area contributed by atoms with Crippen molar-refractivity contribution < 1.29 is 17.8 Å². The van der Waals surface area contributed by atoms with Gasteiger partial charge >= 0.3 is 6.18 Å². The highest BCUT2D eigenvalue weighted by Crippen LogP contribution is 2.43. The van der Waals surface area contributed by atoms with Crippen molar-refractivity contribution in [3.63, 3.8) is 0 Å². The molecule has 3 aromatic rings. The van der Waals surface area contributed by atoms with Crippen LogP contribution in [0, 0.1) is 0 Å². The van der Waals surface area contributed by atoms with E-state index in [1.807, 2.05) is 36.8 Å². The summed E-state index contributed by atoms with van der Waals surface area (Å²) in [6.07, 6.45) is 6.75. The summed E-state index contributed by atoms with van der Waals surface area (Å²) in [5, 5.41) is 2.38. The second-order valence-corrected chi connectivity index (χ2v) is 11.1. The fourth-order valence-corrected chi connectivity index (χ4v) is 6.44. The van der Waals surface area contributed by atoms with Gasteiger partial charge in [0.1, 0.15) is 0 Å². The van der Waals surface area contributed by atoms with Crippen molar-refractivity contribution in [2.45, 2.75) is 31.1 Å². The van der Waals surface area contributed by atoms with Gasteiger partial charge in [-0.2, -0.15) is 13.2 Å². The van der Waals surface area contributed by atoms with Crippen LogP contribution in [0.1, 0.15) is 18.4 Å². The van der Waals surface area contributed by atoms with Gasteiger partial charge in [0.15, 0.2) is 6.20 Å². The first kappa shape index (κ1) is 26.1. The number of aromatic nitrogens is 1. The highest BCUT2D eigenvalue weighted by molar-refractivity contribution is 5.89. The van der Waals surface area contributed by atoms with E-state index < -0.39 is 11.7 Å². The van der Waals surface area contributed by atoms with Gasteiger partial charge in [0.25, 0.3) is 0 Å². The molecule has 10 heteroatoms. The minimum Gasteiger partial charge on any atom is -0.304 e. The molecule has 0 amide bonds. The Balaban J connectivity index is 1.37. The molecule has 0 bridgehead atoms. The van der Waals surface area contributed by atoms with Crippen LogP contribution in [-0.2, 0) is 6.18 Å². The molecule has 7 nitrogen and oxygen atoms in total. The van der Waals surface area contributed by atoms with Crippen molar-refractivity contribution in [3.05, 3.63) is 84.5 Å². The number of pyridine rings is 1. The number of anilines is 1. The summed E-state index contributed by atoms with van der Waals surface area (Å²) in [6, 6.07) is 15.8. The molecule has 7 rings (SSSR count). The zero-order chi connectivity index (χ0) is 28.2. The first-order valence-corrected chi connectivity index (χ1v) is 14.0. The minimum absolute atomic E-state index is 0.0895. The molecule has 1 aromatic heterocycles. The van der Waals surface area contributed by atoms with Crippen LogP contribution in [0.5, 0.6) is 0 Å². The Hall–Kier alpha value is -3.86. The van der Waals surface area contributed by atoms with Crippen LogP contribution < -0.4 is 5.01 Å². The third kappa shape index (κ3) is 4.46. The smallest absolute Gasteiger partial charge is 0.304 e. The standard InChI is InChI=1S/C31H31F3N7/c1-38-12-14-39(15-13-38)29-9-10-30(29)40(41-16-11-35-19-24(41)20-36-21-41)23-7-8-25-26(31(32,33)34)18-27(37-28(25)17-23)22-5-3-2-4-6-22/h2-8,11,16-21,29-30H,9-10,12-15H2,1H3/q+1. The molecule has 4 aliphatic rings. The molecule has 2 aromatic carbocycles. The predicted molar refractivity (Wildman–Crippen MR) is 155 cm³/mol. The Morgan fingerprint density at radius 3 is 2.49 bits per heavy atom. The summed E-state index contributed by atoms with van der Waals surface area (Å²) in [5.41, 5.74) is 2.26. The number of alkyl halides is 3. The number of halogens is 3. The van der Waals surface area contributed by atoms with E-state index in [9.17, 15) is 13.2 Å². The maximum Gasteiger partial charge on any atom is 0.417 e. The lowest BCUT2D eigenvalue weighted by atomic mass is 9.83. The second kappa shape index (κ2) is 9.90. The number of quaternary nitrogens is 1. The summed E-state index contributed by atoms with van der Waals surface area (Å²) >= 11 is 0. The van der Waals surface area contributed by atoms with Gasteiger partial charge in [-0.1, -0.05) is 30.3 Å². The van der Waals surface area contributed by atoms with Crippen LogP contribution in [-0.4, -0.2) is 77.2 Å².